The second-order valence-electron chi connectivity index (χ2n) is 5.22. The van der Waals surface area contributed by atoms with Crippen LogP contribution in [0.15, 0.2) is 51.2 Å². The van der Waals surface area contributed by atoms with E-state index < -0.39 is 11.0 Å². The van der Waals surface area contributed by atoms with Gasteiger partial charge in [0, 0.05) is 18.0 Å². The summed E-state index contributed by atoms with van der Waals surface area (Å²) < 4.78 is 14.4. The van der Waals surface area contributed by atoms with Gasteiger partial charge in [-0.25, -0.2) is 19.9 Å². The second kappa shape index (κ2) is 8.93. The van der Waals surface area contributed by atoms with E-state index in [2.05, 4.69) is 20.1 Å². The van der Waals surface area contributed by atoms with Gasteiger partial charge < -0.3 is 11.1 Å². The molecule has 0 aromatic heterocycles. The molecule has 0 aliphatic carbocycles. The summed E-state index contributed by atoms with van der Waals surface area (Å²) in [5, 5.41) is 16.9. The molecule has 0 radical (unpaired) electrons. The lowest BCUT2D eigenvalue weighted by Crippen LogP contribution is -2.33. The summed E-state index contributed by atoms with van der Waals surface area (Å²) in [5.74, 6) is 6.07. The number of hydrogen-bond donors (Lipinski definition) is 4. The number of nitriles is 1. The predicted molar refractivity (Wildman–Crippen MR) is 97.3 cm³/mol. The van der Waals surface area contributed by atoms with E-state index >= 15 is 0 Å². The fourth-order valence-corrected chi connectivity index (χ4v) is 2.68. The van der Waals surface area contributed by atoms with Gasteiger partial charge in [0.25, 0.3) is 0 Å². The zero-order valence-corrected chi connectivity index (χ0v) is 14.5. The van der Waals surface area contributed by atoms with Gasteiger partial charge in [0.1, 0.15) is 11.0 Å². The molecule has 10 heteroatoms. The maximum absolute atomic E-state index is 11.8. The molecule has 2 unspecified atom stereocenters. The highest BCUT2D eigenvalue weighted by Gasteiger charge is 2.08. The summed E-state index contributed by atoms with van der Waals surface area (Å²) in [7, 11) is -1.44. The number of hydrazine groups is 1. The van der Waals surface area contributed by atoms with Crippen molar-refractivity contribution in [2.45, 2.75) is 17.9 Å². The number of amidine groups is 1. The molecule has 0 saturated heterocycles. The van der Waals surface area contributed by atoms with Crippen molar-refractivity contribution < 1.29 is 4.21 Å². The van der Waals surface area contributed by atoms with E-state index in [9.17, 15) is 4.21 Å². The van der Waals surface area contributed by atoms with Gasteiger partial charge in [-0.05, 0) is 31.2 Å². The van der Waals surface area contributed by atoms with Crippen molar-refractivity contribution in [3.05, 3.63) is 41.7 Å². The summed E-state index contributed by atoms with van der Waals surface area (Å²) in [6.45, 7) is 2.29. The molecule has 0 bridgehead atoms. The van der Waals surface area contributed by atoms with Crippen LogP contribution < -0.4 is 21.6 Å². The Hall–Kier alpha value is -2.74. The summed E-state index contributed by atoms with van der Waals surface area (Å²) in [5.41, 5.74) is 7.33. The van der Waals surface area contributed by atoms with Crippen molar-refractivity contribution in [1.29, 1.82) is 5.26 Å². The predicted octanol–water partition coefficient (Wildman–Crippen LogP) is -0.478. The van der Waals surface area contributed by atoms with Crippen molar-refractivity contribution in [1.82, 2.24) is 15.2 Å². The highest BCUT2D eigenvalue weighted by molar-refractivity contribution is 7.83. The zero-order chi connectivity index (χ0) is 18.2. The van der Waals surface area contributed by atoms with E-state index in [0.717, 1.165) is 5.70 Å². The molecule has 6 N–H and O–H groups in total. The van der Waals surface area contributed by atoms with E-state index in [4.69, 9.17) is 16.8 Å². The molecule has 132 valence electrons. The van der Waals surface area contributed by atoms with Crippen LogP contribution in [0.25, 0.3) is 0 Å². The van der Waals surface area contributed by atoms with Crippen LogP contribution in [-0.4, -0.2) is 40.5 Å². The van der Waals surface area contributed by atoms with Crippen molar-refractivity contribution in [3.8, 4) is 6.07 Å². The van der Waals surface area contributed by atoms with Crippen molar-refractivity contribution in [2.75, 3.05) is 13.1 Å². The van der Waals surface area contributed by atoms with Gasteiger partial charge in [0.15, 0.2) is 5.84 Å². The Kier molecular flexibility index (Phi) is 6.64. The molecule has 1 heterocycles. The first-order chi connectivity index (χ1) is 12.0. The second-order valence-corrected chi connectivity index (χ2v) is 6.52. The summed E-state index contributed by atoms with van der Waals surface area (Å²) in [4.78, 5) is 4.80. The molecule has 1 aromatic rings. The Labute approximate surface area is 148 Å². The van der Waals surface area contributed by atoms with Gasteiger partial charge >= 0.3 is 0 Å². The average Bonchev–Trinajstić information content (AvgIpc) is 2.61. The minimum absolute atomic E-state index is 0.00601. The van der Waals surface area contributed by atoms with Crippen LogP contribution in [0.4, 0.5) is 0 Å². The van der Waals surface area contributed by atoms with Crippen molar-refractivity contribution in [2.24, 2.45) is 21.7 Å². The first kappa shape index (κ1) is 18.6. The highest BCUT2D eigenvalue weighted by atomic mass is 32.2. The Morgan fingerprint density at radius 1 is 1.52 bits per heavy atom. The topological polar surface area (TPSA) is 145 Å². The van der Waals surface area contributed by atoms with Crippen LogP contribution in [0.2, 0.25) is 0 Å². The monoisotopic (exact) mass is 360 g/mol. The Morgan fingerprint density at radius 2 is 2.24 bits per heavy atom. The molecule has 1 aliphatic rings. The number of hydrazone groups is 1. The van der Waals surface area contributed by atoms with E-state index in [1.54, 1.807) is 36.7 Å². The van der Waals surface area contributed by atoms with E-state index in [0.29, 0.717) is 17.0 Å². The minimum Gasteiger partial charge on any atom is -0.382 e. The van der Waals surface area contributed by atoms with E-state index in [-0.39, 0.29) is 18.4 Å². The van der Waals surface area contributed by atoms with Gasteiger partial charge in [-0.1, -0.05) is 0 Å². The molecule has 0 spiro atoms. The van der Waals surface area contributed by atoms with E-state index in [1.165, 1.54) is 5.12 Å². The number of benzene rings is 1. The summed E-state index contributed by atoms with van der Waals surface area (Å²) in [6, 6.07) is 8.75. The van der Waals surface area contributed by atoms with Crippen molar-refractivity contribution in [3.63, 3.8) is 0 Å². The Morgan fingerprint density at radius 3 is 2.84 bits per heavy atom. The summed E-state index contributed by atoms with van der Waals surface area (Å²) in [6.07, 6.45) is 3.57. The molecule has 9 nitrogen and oxygen atoms in total. The molecule has 1 aromatic carbocycles. The standard InChI is InChI=1S/C15H20N8OS/c1-11-8-20-13(9-19-11)10-23(18)22-15(17)12-2-4-14(5-3-12)25(24)21-7-6-16/h2-5,8-9,11,19,21H,7,10,18H2,1H3,(H2,17,22). The maximum Gasteiger partial charge on any atom is 0.152 e. The number of nitrogens with zero attached hydrogens (tertiary/aromatic N) is 4. The number of hydrogen-bond acceptors (Lipinski definition) is 7. The van der Waals surface area contributed by atoms with Gasteiger partial charge in [-0.3, -0.25) is 4.99 Å². The van der Waals surface area contributed by atoms with Crippen LogP contribution in [0, 0.1) is 11.3 Å². The smallest absolute Gasteiger partial charge is 0.152 e. The molecule has 2 rings (SSSR count). The fraction of sp³-hybridized carbons (Fsp3) is 0.267. The van der Waals surface area contributed by atoms with Crippen LogP contribution in [0.1, 0.15) is 12.5 Å². The van der Waals surface area contributed by atoms with Gasteiger partial charge in [0.2, 0.25) is 0 Å². The molecule has 1 aliphatic heterocycles. The number of nitrogens with one attached hydrogen (secondary N) is 2. The molecule has 2 atom stereocenters. The first-order valence-corrected chi connectivity index (χ1v) is 8.63. The lowest BCUT2D eigenvalue weighted by atomic mass is 10.2. The van der Waals surface area contributed by atoms with Crippen molar-refractivity contribution >= 4 is 23.0 Å². The lowest BCUT2D eigenvalue weighted by Gasteiger charge is -2.17. The summed E-state index contributed by atoms with van der Waals surface area (Å²) >= 11 is 0. The van der Waals surface area contributed by atoms with Gasteiger partial charge in [0.05, 0.1) is 35.8 Å². The average molecular weight is 360 g/mol. The van der Waals surface area contributed by atoms with Crippen LogP contribution in [0.3, 0.4) is 0 Å². The molecule has 0 amide bonds. The molecule has 0 saturated carbocycles. The van der Waals surface area contributed by atoms with Crippen LogP contribution >= 0.6 is 0 Å². The molecular formula is C15H20N8OS. The quantitative estimate of drug-likeness (QED) is 0.170. The highest BCUT2D eigenvalue weighted by Crippen LogP contribution is 2.08. The largest absolute Gasteiger partial charge is 0.382 e. The number of rotatable bonds is 7. The Bertz CT molecular complexity index is 750. The molecule has 0 fully saturated rings. The molecule has 25 heavy (non-hydrogen) atoms. The van der Waals surface area contributed by atoms with E-state index in [1.807, 2.05) is 13.0 Å². The lowest BCUT2D eigenvalue weighted by molar-refractivity contribution is 0.323. The minimum atomic E-state index is -1.44. The third kappa shape index (κ3) is 5.68. The van der Waals surface area contributed by atoms with Gasteiger partial charge in [-0.2, -0.15) is 5.26 Å². The third-order valence-corrected chi connectivity index (χ3v) is 4.29. The zero-order valence-electron chi connectivity index (χ0n) is 13.7. The Balaban J connectivity index is 1.98. The van der Waals surface area contributed by atoms with Crippen LogP contribution in [0.5, 0.6) is 0 Å². The first-order valence-electron chi connectivity index (χ1n) is 7.48. The molecular weight excluding hydrogens is 340 g/mol. The van der Waals surface area contributed by atoms with Crippen LogP contribution in [-0.2, 0) is 11.0 Å². The third-order valence-electron chi connectivity index (χ3n) is 3.18. The fourth-order valence-electron chi connectivity index (χ4n) is 1.93. The normalized spacial score (nSPS) is 18.0. The number of aliphatic imine (C=N–C) groups is 1. The SMILES string of the molecule is CC1C=NC(CN(N)/N=C(\N)c2ccc(S(=O)NCC#N)cc2)=CN1. The van der Waals surface area contributed by atoms with Gasteiger partial charge in [-0.15, -0.1) is 5.10 Å². The maximum atomic E-state index is 11.8. The number of nitrogens with two attached hydrogens (primary N) is 2.